The number of halogens is 1. The van der Waals surface area contributed by atoms with E-state index in [0.717, 1.165) is 29.8 Å². The van der Waals surface area contributed by atoms with Crippen LogP contribution in [0.5, 0.6) is 0 Å². The van der Waals surface area contributed by atoms with Crippen LogP contribution in [0.4, 0.5) is 0 Å². The maximum atomic E-state index is 12.4. The normalized spacial score (nSPS) is 16.7. The van der Waals surface area contributed by atoms with Gasteiger partial charge in [-0.25, -0.2) is 0 Å². The Morgan fingerprint density at radius 3 is 2.79 bits per heavy atom. The van der Waals surface area contributed by atoms with E-state index in [-0.39, 0.29) is 11.9 Å². The van der Waals surface area contributed by atoms with E-state index in [9.17, 15) is 4.79 Å². The number of aryl methyl sites for hydroxylation is 1. The molecule has 0 spiro atoms. The highest BCUT2D eigenvalue weighted by atomic mass is 35.5. The van der Waals surface area contributed by atoms with Gasteiger partial charge in [0.15, 0.2) is 0 Å². The van der Waals surface area contributed by atoms with Crippen LogP contribution in [0.2, 0.25) is 5.02 Å². The van der Waals surface area contributed by atoms with Crippen molar-refractivity contribution in [3.8, 4) is 0 Å². The molecule has 0 saturated carbocycles. The second-order valence-corrected chi connectivity index (χ2v) is 6.88. The van der Waals surface area contributed by atoms with Crippen molar-refractivity contribution in [2.24, 2.45) is 0 Å². The fraction of sp³-hybridized carbons (Fsp3) is 0.350. The molecule has 0 aliphatic heterocycles. The molecule has 3 nitrogen and oxygen atoms in total. The van der Waals surface area contributed by atoms with Crippen molar-refractivity contribution in [3.05, 3.63) is 70.2 Å². The van der Waals surface area contributed by atoms with E-state index in [1.54, 1.807) is 0 Å². The highest BCUT2D eigenvalue weighted by molar-refractivity contribution is 6.31. The van der Waals surface area contributed by atoms with Crippen LogP contribution in [-0.2, 0) is 17.8 Å². The molecule has 24 heavy (non-hydrogen) atoms. The first-order valence-electron chi connectivity index (χ1n) is 8.42. The quantitative estimate of drug-likeness (QED) is 0.891. The summed E-state index contributed by atoms with van der Waals surface area (Å²) in [5, 5.41) is 3.93. The van der Waals surface area contributed by atoms with E-state index in [1.807, 2.05) is 42.3 Å². The van der Waals surface area contributed by atoms with Gasteiger partial charge in [0.05, 0.1) is 12.6 Å². The molecule has 2 aromatic rings. The number of hydrogen-bond donors (Lipinski definition) is 1. The summed E-state index contributed by atoms with van der Waals surface area (Å²) >= 11 is 6.19. The number of fused-ring (bicyclic) bond motifs is 1. The second-order valence-electron chi connectivity index (χ2n) is 6.47. The number of amides is 1. The molecule has 3 rings (SSSR count). The Morgan fingerprint density at radius 2 is 1.96 bits per heavy atom. The number of rotatable bonds is 5. The van der Waals surface area contributed by atoms with Crippen molar-refractivity contribution in [2.75, 3.05) is 13.6 Å². The monoisotopic (exact) mass is 342 g/mol. The summed E-state index contributed by atoms with van der Waals surface area (Å²) in [6, 6.07) is 16.3. The summed E-state index contributed by atoms with van der Waals surface area (Å²) in [5.41, 5.74) is 3.67. The van der Waals surface area contributed by atoms with Crippen LogP contribution in [0, 0.1) is 0 Å². The maximum absolute atomic E-state index is 12.4. The summed E-state index contributed by atoms with van der Waals surface area (Å²) in [5.74, 6) is 0.0613. The van der Waals surface area contributed by atoms with E-state index in [1.165, 1.54) is 11.1 Å². The highest BCUT2D eigenvalue weighted by Crippen LogP contribution is 2.29. The maximum Gasteiger partial charge on any atom is 0.234 e. The Balaban J connectivity index is 1.57. The zero-order valence-corrected chi connectivity index (χ0v) is 14.7. The Morgan fingerprint density at radius 1 is 1.21 bits per heavy atom. The van der Waals surface area contributed by atoms with Gasteiger partial charge in [0.2, 0.25) is 5.91 Å². The molecule has 0 heterocycles. The lowest BCUT2D eigenvalue weighted by atomic mass is 9.88. The average molecular weight is 343 g/mol. The number of carbonyl (C=O) groups is 1. The van der Waals surface area contributed by atoms with Gasteiger partial charge in [-0.3, -0.25) is 9.69 Å². The van der Waals surface area contributed by atoms with Crippen LogP contribution < -0.4 is 5.32 Å². The van der Waals surface area contributed by atoms with Gasteiger partial charge < -0.3 is 5.32 Å². The largest absolute Gasteiger partial charge is 0.348 e. The van der Waals surface area contributed by atoms with Crippen LogP contribution in [0.1, 0.15) is 35.6 Å². The number of nitrogens with one attached hydrogen (secondary N) is 1. The van der Waals surface area contributed by atoms with Crippen LogP contribution in [0.3, 0.4) is 0 Å². The molecule has 0 saturated heterocycles. The molecule has 1 aliphatic carbocycles. The van der Waals surface area contributed by atoms with Crippen LogP contribution >= 0.6 is 11.6 Å². The highest BCUT2D eigenvalue weighted by Gasteiger charge is 2.21. The van der Waals surface area contributed by atoms with Crippen molar-refractivity contribution >= 4 is 17.5 Å². The number of nitrogens with zero attached hydrogens (tertiary/aromatic N) is 1. The molecule has 0 bridgehead atoms. The Kier molecular flexibility index (Phi) is 5.54. The molecule has 1 aliphatic rings. The predicted molar refractivity (Wildman–Crippen MR) is 98.0 cm³/mol. The van der Waals surface area contributed by atoms with E-state index >= 15 is 0 Å². The van der Waals surface area contributed by atoms with E-state index in [2.05, 4.69) is 23.5 Å². The number of carbonyl (C=O) groups excluding carboxylic acids is 1. The molecule has 2 aromatic carbocycles. The number of benzene rings is 2. The fourth-order valence-corrected chi connectivity index (χ4v) is 3.56. The minimum absolute atomic E-state index is 0.0613. The van der Waals surface area contributed by atoms with Gasteiger partial charge in [0, 0.05) is 11.6 Å². The second kappa shape index (κ2) is 7.82. The summed E-state index contributed by atoms with van der Waals surface area (Å²) in [6.45, 7) is 1.03. The molecule has 1 amide bonds. The molecule has 4 heteroatoms. The van der Waals surface area contributed by atoms with Crippen LogP contribution in [0.25, 0.3) is 0 Å². The van der Waals surface area contributed by atoms with Gasteiger partial charge in [-0.05, 0) is 49.1 Å². The van der Waals surface area contributed by atoms with Crippen molar-refractivity contribution in [2.45, 2.75) is 31.8 Å². The topological polar surface area (TPSA) is 32.3 Å². The smallest absolute Gasteiger partial charge is 0.234 e. The minimum Gasteiger partial charge on any atom is -0.348 e. The molecular formula is C20H23ClN2O. The van der Waals surface area contributed by atoms with Crippen molar-refractivity contribution < 1.29 is 4.79 Å². The summed E-state index contributed by atoms with van der Waals surface area (Å²) in [4.78, 5) is 14.4. The lowest BCUT2D eigenvalue weighted by Gasteiger charge is -2.27. The third-order valence-corrected chi connectivity index (χ3v) is 4.88. The van der Waals surface area contributed by atoms with Crippen molar-refractivity contribution in [1.29, 1.82) is 0 Å². The van der Waals surface area contributed by atoms with E-state index in [4.69, 9.17) is 11.6 Å². The first-order valence-corrected chi connectivity index (χ1v) is 8.80. The summed E-state index contributed by atoms with van der Waals surface area (Å²) < 4.78 is 0. The molecule has 126 valence electrons. The summed E-state index contributed by atoms with van der Waals surface area (Å²) in [7, 11) is 1.94. The molecule has 0 fully saturated rings. The standard InChI is InChI=1S/C20H23ClN2O/c1-23(13-16-8-3-5-11-18(16)21)14-20(24)22-19-12-6-9-15-7-2-4-10-17(15)19/h2-5,7-8,10-11,19H,6,9,12-14H2,1H3,(H,22,24)/t19-/m1/s1. The van der Waals surface area contributed by atoms with Gasteiger partial charge in [-0.1, -0.05) is 54.1 Å². The lowest BCUT2D eigenvalue weighted by molar-refractivity contribution is -0.122. The van der Waals surface area contributed by atoms with Gasteiger partial charge in [-0.15, -0.1) is 0 Å². The first kappa shape index (κ1) is 17.0. The number of likely N-dealkylation sites (N-methyl/N-ethyl adjacent to an activating group) is 1. The van der Waals surface area contributed by atoms with Crippen LogP contribution in [-0.4, -0.2) is 24.4 Å². The van der Waals surface area contributed by atoms with Gasteiger partial charge in [0.1, 0.15) is 0 Å². The minimum atomic E-state index is 0.0613. The Hall–Kier alpha value is -1.84. The Bertz CT molecular complexity index is 716. The number of hydrogen-bond acceptors (Lipinski definition) is 2. The Labute approximate surface area is 148 Å². The molecule has 0 unspecified atom stereocenters. The first-order chi connectivity index (χ1) is 11.6. The molecule has 1 N–H and O–H groups in total. The van der Waals surface area contributed by atoms with Gasteiger partial charge in [0.25, 0.3) is 0 Å². The molecule has 0 radical (unpaired) electrons. The fourth-order valence-electron chi connectivity index (χ4n) is 3.36. The third kappa shape index (κ3) is 4.16. The van der Waals surface area contributed by atoms with E-state index in [0.29, 0.717) is 13.1 Å². The summed E-state index contributed by atoms with van der Waals surface area (Å²) in [6.07, 6.45) is 3.24. The zero-order valence-electron chi connectivity index (χ0n) is 14.0. The lowest BCUT2D eigenvalue weighted by Crippen LogP contribution is -2.38. The van der Waals surface area contributed by atoms with Gasteiger partial charge >= 0.3 is 0 Å². The van der Waals surface area contributed by atoms with E-state index < -0.39 is 0 Å². The zero-order chi connectivity index (χ0) is 16.9. The predicted octanol–water partition coefficient (Wildman–Crippen LogP) is 3.97. The van der Waals surface area contributed by atoms with Crippen molar-refractivity contribution in [1.82, 2.24) is 10.2 Å². The van der Waals surface area contributed by atoms with Gasteiger partial charge in [-0.2, -0.15) is 0 Å². The molecular weight excluding hydrogens is 320 g/mol. The molecule has 1 atom stereocenters. The third-order valence-electron chi connectivity index (χ3n) is 4.52. The SMILES string of the molecule is CN(CC(=O)N[C@@H]1CCCc2ccccc21)Cc1ccccc1Cl. The average Bonchev–Trinajstić information content (AvgIpc) is 2.57. The van der Waals surface area contributed by atoms with Crippen LogP contribution in [0.15, 0.2) is 48.5 Å². The molecule has 0 aromatic heterocycles. The van der Waals surface area contributed by atoms with Crippen molar-refractivity contribution in [3.63, 3.8) is 0 Å².